The van der Waals surface area contributed by atoms with Crippen molar-refractivity contribution in [3.05, 3.63) is 78.6 Å². The van der Waals surface area contributed by atoms with Crippen LogP contribution in [0.1, 0.15) is 17.3 Å². The Labute approximate surface area is 172 Å². The number of pyridine rings is 2. The third kappa shape index (κ3) is 2.81. The molecule has 3 heterocycles. The molecule has 1 N–H and O–H groups in total. The van der Waals surface area contributed by atoms with Crippen LogP contribution >= 0.6 is 0 Å². The number of aryl methyl sites for hydroxylation is 1. The first-order chi connectivity index (χ1) is 14.7. The zero-order chi connectivity index (χ0) is 20.7. The number of carbonyl (C=O) groups is 1. The number of aromatic carboxylic acids is 1. The van der Waals surface area contributed by atoms with E-state index in [1.807, 2.05) is 67.6 Å². The van der Waals surface area contributed by atoms with Crippen LogP contribution < -0.4 is 0 Å². The quantitative estimate of drug-likeness (QED) is 0.462. The van der Waals surface area contributed by atoms with E-state index in [4.69, 9.17) is 4.98 Å². The molecular weight excluding hydrogens is 376 g/mol. The molecule has 2 aromatic carbocycles. The van der Waals surface area contributed by atoms with Crippen molar-refractivity contribution < 1.29 is 9.90 Å². The van der Waals surface area contributed by atoms with Gasteiger partial charge in [-0.15, -0.1) is 0 Å². The molecule has 0 atom stereocenters. The summed E-state index contributed by atoms with van der Waals surface area (Å²) in [4.78, 5) is 21.8. The minimum absolute atomic E-state index is 0.154. The molecule has 0 amide bonds. The van der Waals surface area contributed by atoms with Gasteiger partial charge < -0.3 is 5.11 Å². The van der Waals surface area contributed by atoms with E-state index in [2.05, 4.69) is 10.1 Å². The van der Waals surface area contributed by atoms with Gasteiger partial charge in [0.1, 0.15) is 0 Å². The molecule has 6 nitrogen and oxygen atoms in total. The average molecular weight is 394 g/mol. The Hall–Kier alpha value is -4.06. The first-order valence-corrected chi connectivity index (χ1v) is 9.70. The van der Waals surface area contributed by atoms with Gasteiger partial charge in [-0.05, 0) is 19.1 Å². The number of carboxylic acid groups (broad SMARTS) is 1. The SMILES string of the molecule is CCn1ncc2c(-c3cnc4ccccc4c3)c(C(=O)O)c(-c3ccccc3)nc21. The Morgan fingerprint density at radius 2 is 1.77 bits per heavy atom. The van der Waals surface area contributed by atoms with Crippen molar-refractivity contribution in [3.8, 4) is 22.4 Å². The Bertz CT molecular complexity index is 1410. The molecule has 30 heavy (non-hydrogen) atoms. The summed E-state index contributed by atoms with van der Waals surface area (Å²) < 4.78 is 1.78. The van der Waals surface area contributed by atoms with Crippen molar-refractivity contribution in [1.82, 2.24) is 19.7 Å². The van der Waals surface area contributed by atoms with Crippen LogP contribution in [-0.2, 0) is 6.54 Å². The fraction of sp³-hybridized carbons (Fsp3) is 0.0833. The summed E-state index contributed by atoms with van der Waals surface area (Å²) in [6, 6.07) is 19.1. The van der Waals surface area contributed by atoms with Crippen LogP contribution in [0.3, 0.4) is 0 Å². The van der Waals surface area contributed by atoms with Gasteiger partial charge in [-0.3, -0.25) is 4.98 Å². The molecule has 0 aliphatic carbocycles. The molecule has 0 saturated carbocycles. The smallest absolute Gasteiger partial charge is 0.338 e. The van der Waals surface area contributed by atoms with Gasteiger partial charge in [0.15, 0.2) is 5.65 Å². The van der Waals surface area contributed by atoms with E-state index in [0.29, 0.717) is 28.8 Å². The van der Waals surface area contributed by atoms with Crippen LogP contribution in [0.2, 0.25) is 0 Å². The number of hydrogen-bond donors (Lipinski definition) is 1. The second kappa shape index (κ2) is 7.08. The second-order valence-corrected chi connectivity index (χ2v) is 7.00. The van der Waals surface area contributed by atoms with Gasteiger partial charge in [0.25, 0.3) is 0 Å². The van der Waals surface area contributed by atoms with E-state index in [0.717, 1.165) is 22.0 Å². The number of aromatic nitrogens is 4. The first kappa shape index (κ1) is 18.0. The predicted molar refractivity (Wildman–Crippen MR) is 116 cm³/mol. The first-order valence-electron chi connectivity index (χ1n) is 9.70. The molecular formula is C24H18N4O2. The maximum atomic E-state index is 12.5. The molecule has 0 fully saturated rings. The molecule has 146 valence electrons. The zero-order valence-corrected chi connectivity index (χ0v) is 16.3. The molecule has 0 aliphatic rings. The van der Waals surface area contributed by atoms with Gasteiger partial charge in [0.05, 0.1) is 23.0 Å². The summed E-state index contributed by atoms with van der Waals surface area (Å²) in [5.74, 6) is -1.03. The van der Waals surface area contributed by atoms with Gasteiger partial charge in [-0.25, -0.2) is 14.5 Å². The minimum atomic E-state index is -1.03. The average Bonchev–Trinajstić information content (AvgIpc) is 3.20. The Morgan fingerprint density at radius 1 is 1.00 bits per heavy atom. The maximum absolute atomic E-state index is 12.5. The summed E-state index contributed by atoms with van der Waals surface area (Å²) in [5, 5.41) is 16.3. The molecule has 0 aliphatic heterocycles. The molecule has 0 saturated heterocycles. The number of fused-ring (bicyclic) bond motifs is 2. The molecule has 3 aromatic heterocycles. The van der Waals surface area contributed by atoms with Gasteiger partial charge in [0, 0.05) is 40.2 Å². The van der Waals surface area contributed by atoms with Crippen molar-refractivity contribution in [2.45, 2.75) is 13.5 Å². The summed E-state index contributed by atoms with van der Waals surface area (Å²) in [5.41, 5.74) is 4.15. The molecule has 0 radical (unpaired) electrons. The number of para-hydroxylation sites is 1. The minimum Gasteiger partial charge on any atom is -0.478 e. The third-order valence-electron chi connectivity index (χ3n) is 5.23. The third-order valence-corrected chi connectivity index (χ3v) is 5.23. The van der Waals surface area contributed by atoms with Crippen LogP contribution in [0.15, 0.2) is 73.1 Å². The Balaban J connectivity index is 1.92. The number of rotatable bonds is 4. The molecule has 5 rings (SSSR count). The lowest BCUT2D eigenvalue weighted by Crippen LogP contribution is -2.07. The predicted octanol–water partition coefficient (Wildman–Crippen LogP) is 5.03. The topological polar surface area (TPSA) is 80.9 Å². The Kier molecular flexibility index (Phi) is 4.25. The van der Waals surface area contributed by atoms with Gasteiger partial charge >= 0.3 is 5.97 Å². The van der Waals surface area contributed by atoms with Crippen LogP contribution in [0, 0.1) is 0 Å². The van der Waals surface area contributed by atoms with Crippen LogP contribution in [-0.4, -0.2) is 30.8 Å². The highest BCUT2D eigenvalue weighted by Crippen LogP contribution is 2.37. The van der Waals surface area contributed by atoms with E-state index in [1.165, 1.54) is 0 Å². The highest BCUT2D eigenvalue weighted by atomic mass is 16.4. The standard InChI is InChI=1S/C24H18N4O2/c1-2-28-23-18(14-26-28)20(17-12-16-10-6-7-11-19(16)25-13-17)21(24(29)30)22(27-23)15-8-4-3-5-9-15/h3-14H,2H2,1H3,(H,29,30). The van der Waals surface area contributed by atoms with Gasteiger partial charge in [0.2, 0.25) is 0 Å². The number of hydrogen-bond acceptors (Lipinski definition) is 4. The summed E-state index contributed by atoms with van der Waals surface area (Å²) in [6.45, 7) is 2.62. The van der Waals surface area contributed by atoms with E-state index in [-0.39, 0.29) is 5.56 Å². The lowest BCUT2D eigenvalue weighted by atomic mass is 9.94. The summed E-state index contributed by atoms with van der Waals surface area (Å²) in [6.07, 6.45) is 3.42. The highest BCUT2D eigenvalue weighted by molar-refractivity contribution is 6.10. The fourth-order valence-electron chi connectivity index (χ4n) is 3.84. The molecule has 6 heteroatoms. The number of nitrogens with zero attached hydrogens (tertiary/aromatic N) is 4. The van der Waals surface area contributed by atoms with Crippen molar-refractivity contribution in [2.24, 2.45) is 0 Å². The largest absolute Gasteiger partial charge is 0.478 e. The number of benzene rings is 2. The number of carboxylic acids is 1. The van der Waals surface area contributed by atoms with Crippen molar-refractivity contribution in [3.63, 3.8) is 0 Å². The fourth-order valence-corrected chi connectivity index (χ4v) is 3.84. The zero-order valence-electron chi connectivity index (χ0n) is 16.3. The van der Waals surface area contributed by atoms with Crippen LogP contribution in [0.4, 0.5) is 0 Å². The van der Waals surface area contributed by atoms with E-state index in [1.54, 1.807) is 17.1 Å². The van der Waals surface area contributed by atoms with E-state index >= 15 is 0 Å². The maximum Gasteiger partial charge on any atom is 0.338 e. The lowest BCUT2D eigenvalue weighted by Gasteiger charge is -2.14. The van der Waals surface area contributed by atoms with Gasteiger partial charge in [-0.1, -0.05) is 48.5 Å². The monoisotopic (exact) mass is 394 g/mol. The highest BCUT2D eigenvalue weighted by Gasteiger charge is 2.25. The van der Waals surface area contributed by atoms with Crippen molar-refractivity contribution >= 4 is 27.9 Å². The molecule has 0 unspecified atom stereocenters. The van der Waals surface area contributed by atoms with E-state index < -0.39 is 5.97 Å². The van der Waals surface area contributed by atoms with Crippen LogP contribution in [0.25, 0.3) is 44.3 Å². The molecule has 5 aromatic rings. The summed E-state index contributed by atoms with van der Waals surface area (Å²) in [7, 11) is 0. The molecule has 0 bridgehead atoms. The molecule has 0 spiro atoms. The summed E-state index contributed by atoms with van der Waals surface area (Å²) >= 11 is 0. The normalized spacial score (nSPS) is 11.2. The van der Waals surface area contributed by atoms with Gasteiger partial charge in [-0.2, -0.15) is 5.10 Å². The van der Waals surface area contributed by atoms with Crippen molar-refractivity contribution in [2.75, 3.05) is 0 Å². The van der Waals surface area contributed by atoms with Crippen LogP contribution in [0.5, 0.6) is 0 Å². The Morgan fingerprint density at radius 3 is 2.53 bits per heavy atom. The van der Waals surface area contributed by atoms with Crippen molar-refractivity contribution in [1.29, 1.82) is 0 Å². The lowest BCUT2D eigenvalue weighted by molar-refractivity contribution is 0.0698. The second-order valence-electron chi connectivity index (χ2n) is 7.00. The van der Waals surface area contributed by atoms with E-state index in [9.17, 15) is 9.90 Å².